The molecule has 122 valence electrons. The van der Waals surface area contributed by atoms with Crippen LogP contribution < -0.4 is 0 Å². The van der Waals surface area contributed by atoms with Crippen molar-refractivity contribution < 1.29 is 18.1 Å². The number of hydrogen-bond acceptors (Lipinski definition) is 3. The number of nitrogens with zero attached hydrogens (tertiary/aromatic N) is 2. The molecule has 2 aromatic carbocycles. The molecule has 24 heavy (non-hydrogen) atoms. The molecular weight excluding hydrogens is 388 g/mol. The molecular formula is C16H9F3N2O2Se. The van der Waals surface area contributed by atoms with Gasteiger partial charge in [-0.3, -0.25) is 0 Å². The van der Waals surface area contributed by atoms with Gasteiger partial charge in [-0.1, -0.05) is 0 Å². The molecule has 0 fully saturated rings. The van der Waals surface area contributed by atoms with Crippen LogP contribution in [0.4, 0.5) is 18.9 Å². The van der Waals surface area contributed by atoms with Gasteiger partial charge in [0.05, 0.1) is 0 Å². The van der Waals surface area contributed by atoms with Gasteiger partial charge in [-0.2, -0.15) is 0 Å². The van der Waals surface area contributed by atoms with E-state index in [-0.39, 0.29) is 20.2 Å². The number of hydrogen-bond donors (Lipinski definition) is 0. The van der Waals surface area contributed by atoms with Crippen molar-refractivity contribution in [2.75, 3.05) is 0 Å². The maximum absolute atomic E-state index is 12.6. The van der Waals surface area contributed by atoms with E-state index in [2.05, 4.69) is 4.98 Å². The van der Waals surface area contributed by atoms with Crippen LogP contribution in [0.1, 0.15) is 5.56 Å². The Bertz CT molecular complexity index is 872. The van der Waals surface area contributed by atoms with Crippen LogP contribution in [-0.2, 0) is 6.18 Å². The normalized spacial score (nSPS) is 11.5. The summed E-state index contributed by atoms with van der Waals surface area (Å²) in [6.45, 7) is 0. The molecule has 0 atom stereocenters. The second kappa shape index (κ2) is 6.22. The van der Waals surface area contributed by atoms with Crippen LogP contribution in [0, 0.1) is 10.1 Å². The van der Waals surface area contributed by atoms with Gasteiger partial charge in [-0.25, -0.2) is 0 Å². The number of nitro groups is 1. The Balaban J connectivity index is 1.86. The van der Waals surface area contributed by atoms with Gasteiger partial charge in [-0.05, 0) is 0 Å². The number of aromatic nitrogens is 1. The van der Waals surface area contributed by atoms with Crippen molar-refractivity contribution in [2.24, 2.45) is 0 Å². The number of alkyl halides is 3. The molecule has 0 aliphatic carbocycles. The Morgan fingerprint density at radius 2 is 1.54 bits per heavy atom. The molecule has 4 nitrogen and oxygen atoms in total. The molecule has 1 aromatic heterocycles. The fraction of sp³-hybridized carbons (Fsp3) is 0.0625. The minimum absolute atomic E-state index is 0.00482. The van der Waals surface area contributed by atoms with Crippen molar-refractivity contribution in [3.63, 3.8) is 0 Å². The van der Waals surface area contributed by atoms with E-state index >= 15 is 0 Å². The van der Waals surface area contributed by atoms with Gasteiger partial charge >= 0.3 is 140 Å². The van der Waals surface area contributed by atoms with E-state index in [1.54, 1.807) is 12.1 Å². The Kier molecular flexibility index (Phi) is 4.26. The van der Waals surface area contributed by atoms with Gasteiger partial charge in [0.25, 0.3) is 0 Å². The summed E-state index contributed by atoms with van der Waals surface area (Å²) in [6.07, 6.45) is -4.36. The van der Waals surface area contributed by atoms with E-state index in [1.807, 2.05) is 4.94 Å². The van der Waals surface area contributed by atoms with Crippen LogP contribution in [0.3, 0.4) is 0 Å². The van der Waals surface area contributed by atoms with Crippen LogP contribution >= 0.6 is 0 Å². The molecule has 8 heteroatoms. The second-order valence-corrected chi connectivity index (χ2v) is 6.72. The molecule has 0 spiro atoms. The Hall–Kier alpha value is -2.44. The van der Waals surface area contributed by atoms with Crippen LogP contribution in [0.25, 0.3) is 21.4 Å². The summed E-state index contributed by atoms with van der Waals surface area (Å²) in [5.74, 6) is 0. The second-order valence-electron chi connectivity index (χ2n) is 4.92. The van der Waals surface area contributed by atoms with Crippen LogP contribution in [0.15, 0.2) is 53.5 Å². The van der Waals surface area contributed by atoms with Crippen molar-refractivity contribution >= 4 is 20.2 Å². The molecule has 0 aliphatic heterocycles. The van der Waals surface area contributed by atoms with Gasteiger partial charge < -0.3 is 0 Å². The first kappa shape index (κ1) is 16.4. The zero-order valence-corrected chi connectivity index (χ0v) is 13.7. The van der Waals surface area contributed by atoms with E-state index < -0.39 is 16.7 Å². The average Bonchev–Trinajstić information content (AvgIpc) is 3.04. The number of nitro benzene ring substituents is 1. The van der Waals surface area contributed by atoms with Crippen molar-refractivity contribution in [1.82, 2.24) is 4.98 Å². The van der Waals surface area contributed by atoms with Gasteiger partial charge in [0.2, 0.25) is 0 Å². The van der Waals surface area contributed by atoms with E-state index in [1.165, 1.54) is 24.3 Å². The molecule has 0 amide bonds. The zero-order chi connectivity index (χ0) is 17.3. The standard InChI is InChI=1S/C16H9F3N2O2Se/c17-16(18,19)12-5-1-11(2-6-12)15-20-14(9-24-15)10-3-7-13(8-4-10)21(22)23/h1-9H. The first-order valence-corrected chi connectivity index (χ1v) is 8.57. The fourth-order valence-corrected chi connectivity index (χ4v) is 3.85. The predicted octanol–water partition coefficient (Wildman–Crippen LogP) is 4.40. The zero-order valence-electron chi connectivity index (χ0n) is 11.9. The summed E-state index contributed by atoms with van der Waals surface area (Å²) in [6, 6.07) is 10.9. The SMILES string of the molecule is O=[N+]([O-])c1ccc(-c2c[se]c(-c3ccc(C(F)(F)F)cc3)n2)cc1. The molecule has 0 saturated heterocycles. The third-order valence-electron chi connectivity index (χ3n) is 3.34. The fourth-order valence-electron chi connectivity index (χ4n) is 2.09. The van der Waals surface area contributed by atoms with Gasteiger partial charge in [-0.15, -0.1) is 0 Å². The summed E-state index contributed by atoms with van der Waals surface area (Å²) in [4.78, 5) is 16.5. The van der Waals surface area contributed by atoms with Crippen molar-refractivity contribution in [1.29, 1.82) is 0 Å². The van der Waals surface area contributed by atoms with E-state index in [9.17, 15) is 23.3 Å². The Labute approximate surface area is 140 Å². The van der Waals surface area contributed by atoms with E-state index in [4.69, 9.17) is 0 Å². The third kappa shape index (κ3) is 3.39. The summed E-state index contributed by atoms with van der Waals surface area (Å²) in [5.41, 5.74) is 1.37. The molecule has 3 rings (SSSR count). The number of benzene rings is 2. The van der Waals surface area contributed by atoms with Crippen LogP contribution in [0.2, 0.25) is 0 Å². The van der Waals surface area contributed by atoms with Gasteiger partial charge in [0.1, 0.15) is 0 Å². The third-order valence-corrected chi connectivity index (χ3v) is 5.21. The number of non-ortho nitro benzene ring substituents is 1. The van der Waals surface area contributed by atoms with Crippen molar-refractivity contribution in [3.05, 3.63) is 69.1 Å². The topological polar surface area (TPSA) is 56.0 Å². The summed E-state index contributed by atoms with van der Waals surface area (Å²) in [7, 11) is 0. The molecule has 0 N–H and O–H groups in total. The van der Waals surface area contributed by atoms with Gasteiger partial charge in [0.15, 0.2) is 0 Å². The Morgan fingerprint density at radius 3 is 2.08 bits per heavy atom. The first-order valence-electron chi connectivity index (χ1n) is 6.72. The molecule has 3 aromatic rings. The maximum atomic E-state index is 12.6. The summed E-state index contributed by atoms with van der Waals surface area (Å²) >= 11 is -0.100. The number of halogens is 3. The molecule has 1 heterocycles. The molecule has 0 bridgehead atoms. The number of rotatable bonds is 3. The molecule has 0 aliphatic rings. The minimum atomic E-state index is -4.36. The molecule has 0 radical (unpaired) electrons. The van der Waals surface area contributed by atoms with Crippen LogP contribution in [0.5, 0.6) is 0 Å². The molecule has 0 unspecified atom stereocenters. The predicted molar refractivity (Wildman–Crippen MR) is 83.7 cm³/mol. The molecule has 0 saturated carbocycles. The first-order chi connectivity index (χ1) is 11.3. The van der Waals surface area contributed by atoms with Crippen LogP contribution in [-0.4, -0.2) is 24.4 Å². The quantitative estimate of drug-likeness (QED) is 0.374. The van der Waals surface area contributed by atoms with Crippen molar-refractivity contribution in [3.8, 4) is 21.4 Å². The van der Waals surface area contributed by atoms with Crippen molar-refractivity contribution in [2.45, 2.75) is 6.18 Å². The summed E-state index contributed by atoms with van der Waals surface area (Å²) < 4.78 is 38.5. The Morgan fingerprint density at radius 1 is 0.958 bits per heavy atom. The van der Waals surface area contributed by atoms with E-state index in [0.29, 0.717) is 11.3 Å². The van der Waals surface area contributed by atoms with E-state index in [0.717, 1.165) is 22.3 Å². The van der Waals surface area contributed by atoms with Gasteiger partial charge in [0, 0.05) is 0 Å². The average molecular weight is 397 g/mol. The summed E-state index contributed by atoms with van der Waals surface area (Å²) in [5, 5.41) is 10.7. The monoisotopic (exact) mass is 398 g/mol.